The fourth-order valence-electron chi connectivity index (χ4n) is 1.68. The van der Waals surface area contributed by atoms with Gasteiger partial charge in [-0.3, -0.25) is 9.59 Å². The monoisotopic (exact) mass is 345 g/mol. The molecular formula is C14H23N3O3S2. The number of unbranched alkanes of at least 4 members (excludes halogenated alkanes) is 2. The van der Waals surface area contributed by atoms with Gasteiger partial charge in [-0.25, -0.2) is 0 Å². The lowest BCUT2D eigenvalue weighted by Gasteiger charge is -2.10. The highest BCUT2D eigenvalue weighted by molar-refractivity contribution is 8.02. The standard InChI is InChI=1S/C14H23N3O3S2/c1-4-7-8-9-11(18)15-13-16-17-14(22-13)21-10(5-2)12(19)20-6-3/h10H,4-9H2,1-3H3,(H,15,16,18)/t10-/m0/s1. The predicted octanol–water partition coefficient (Wildman–Crippen LogP) is 3.49. The summed E-state index contributed by atoms with van der Waals surface area (Å²) in [5.41, 5.74) is 0. The van der Waals surface area contributed by atoms with Crippen LogP contribution in [-0.2, 0) is 14.3 Å². The maximum Gasteiger partial charge on any atom is 0.319 e. The third kappa shape index (κ3) is 6.74. The number of rotatable bonds is 10. The number of nitrogens with one attached hydrogen (secondary N) is 1. The molecule has 1 aromatic rings. The van der Waals surface area contributed by atoms with Crippen molar-refractivity contribution in [1.29, 1.82) is 0 Å². The van der Waals surface area contributed by atoms with Gasteiger partial charge in [0.1, 0.15) is 5.25 Å². The summed E-state index contributed by atoms with van der Waals surface area (Å²) in [5, 5.41) is 10.9. The Labute approximate surface area is 139 Å². The van der Waals surface area contributed by atoms with Crippen LogP contribution < -0.4 is 5.32 Å². The van der Waals surface area contributed by atoms with Gasteiger partial charge in [-0.1, -0.05) is 49.8 Å². The van der Waals surface area contributed by atoms with Gasteiger partial charge in [0.15, 0.2) is 4.34 Å². The van der Waals surface area contributed by atoms with Crippen LogP contribution in [0.25, 0.3) is 0 Å². The van der Waals surface area contributed by atoms with Gasteiger partial charge >= 0.3 is 5.97 Å². The van der Waals surface area contributed by atoms with Crippen molar-refractivity contribution in [2.75, 3.05) is 11.9 Å². The van der Waals surface area contributed by atoms with Gasteiger partial charge in [-0.2, -0.15) is 0 Å². The first-order chi connectivity index (χ1) is 10.6. The number of nitrogens with zero attached hydrogens (tertiary/aromatic N) is 2. The highest BCUT2D eigenvalue weighted by Gasteiger charge is 2.21. The minimum atomic E-state index is -0.291. The Morgan fingerprint density at radius 1 is 1.27 bits per heavy atom. The Morgan fingerprint density at radius 3 is 2.68 bits per heavy atom. The molecule has 0 saturated heterocycles. The number of hydrogen-bond donors (Lipinski definition) is 1. The Hall–Kier alpha value is -1.15. The maximum atomic E-state index is 11.8. The van der Waals surface area contributed by atoms with Crippen molar-refractivity contribution in [2.24, 2.45) is 0 Å². The van der Waals surface area contributed by atoms with Gasteiger partial charge in [0.05, 0.1) is 6.61 Å². The van der Waals surface area contributed by atoms with Gasteiger partial charge < -0.3 is 10.1 Å². The van der Waals surface area contributed by atoms with Gasteiger partial charge in [-0.05, 0) is 19.8 Å². The smallest absolute Gasteiger partial charge is 0.319 e. The average molecular weight is 345 g/mol. The zero-order chi connectivity index (χ0) is 16.4. The van der Waals surface area contributed by atoms with E-state index in [1.807, 2.05) is 6.92 Å². The lowest BCUT2D eigenvalue weighted by Crippen LogP contribution is -2.19. The Bertz CT molecular complexity index is 480. The van der Waals surface area contributed by atoms with Crippen LogP contribution in [0.15, 0.2) is 4.34 Å². The first-order valence-corrected chi connectivity index (χ1v) is 9.26. The number of thioether (sulfide) groups is 1. The molecule has 1 rings (SSSR count). The van der Waals surface area contributed by atoms with E-state index in [-0.39, 0.29) is 17.1 Å². The van der Waals surface area contributed by atoms with E-state index >= 15 is 0 Å². The largest absolute Gasteiger partial charge is 0.465 e. The van der Waals surface area contributed by atoms with Crippen molar-refractivity contribution in [3.05, 3.63) is 0 Å². The summed E-state index contributed by atoms with van der Waals surface area (Å²) in [6.45, 7) is 6.17. The molecule has 0 spiro atoms. The van der Waals surface area contributed by atoms with Crippen LogP contribution in [0.4, 0.5) is 5.13 Å². The SMILES string of the molecule is CCCCCC(=O)Nc1nnc(S[C@@H](CC)C(=O)OCC)s1. The molecule has 0 aliphatic carbocycles. The zero-order valence-electron chi connectivity index (χ0n) is 13.3. The average Bonchev–Trinajstić information content (AvgIpc) is 2.92. The van der Waals surface area contributed by atoms with E-state index in [4.69, 9.17) is 4.74 Å². The minimum Gasteiger partial charge on any atom is -0.465 e. The molecule has 1 amide bonds. The molecule has 1 heterocycles. The number of esters is 1. The van der Waals surface area contributed by atoms with Crippen LogP contribution in [-0.4, -0.2) is 33.9 Å². The van der Waals surface area contributed by atoms with Gasteiger partial charge in [0, 0.05) is 6.42 Å². The molecule has 6 nitrogen and oxygen atoms in total. The van der Waals surface area contributed by atoms with Crippen molar-refractivity contribution in [3.8, 4) is 0 Å². The van der Waals surface area contributed by atoms with Crippen molar-refractivity contribution < 1.29 is 14.3 Å². The second-order valence-electron chi connectivity index (χ2n) is 4.65. The van der Waals surface area contributed by atoms with Crippen LogP contribution in [0.2, 0.25) is 0 Å². The molecule has 0 radical (unpaired) electrons. The van der Waals surface area contributed by atoms with Gasteiger partial charge in [0.25, 0.3) is 0 Å². The lowest BCUT2D eigenvalue weighted by molar-refractivity contribution is -0.142. The minimum absolute atomic E-state index is 0.0430. The van der Waals surface area contributed by atoms with Crippen molar-refractivity contribution in [2.45, 2.75) is 62.5 Å². The third-order valence-corrected chi connectivity index (χ3v) is 5.09. The van der Waals surface area contributed by atoms with Crippen LogP contribution in [0.1, 0.15) is 52.9 Å². The van der Waals surface area contributed by atoms with E-state index < -0.39 is 0 Å². The summed E-state index contributed by atoms with van der Waals surface area (Å²) in [5.74, 6) is -0.283. The molecule has 0 bridgehead atoms. The summed E-state index contributed by atoms with van der Waals surface area (Å²) in [6.07, 6.45) is 4.16. The molecule has 8 heteroatoms. The van der Waals surface area contributed by atoms with Crippen LogP contribution in [0.3, 0.4) is 0 Å². The Balaban J connectivity index is 2.49. The Morgan fingerprint density at radius 2 is 2.05 bits per heavy atom. The molecule has 124 valence electrons. The topological polar surface area (TPSA) is 81.2 Å². The number of aromatic nitrogens is 2. The second kappa shape index (κ2) is 10.6. The molecular weight excluding hydrogens is 322 g/mol. The highest BCUT2D eigenvalue weighted by Crippen LogP contribution is 2.31. The number of amides is 1. The zero-order valence-corrected chi connectivity index (χ0v) is 14.9. The van der Waals surface area contributed by atoms with E-state index in [1.165, 1.54) is 23.1 Å². The summed E-state index contributed by atoms with van der Waals surface area (Å²) < 4.78 is 5.68. The lowest BCUT2D eigenvalue weighted by atomic mass is 10.2. The highest BCUT2D eigenvalue weighted by atomic mass is 32.2. The second-order valence-corrected chi connectivity index (χ2v) is 7.07. The predicted molar refractivity (Wildman–Crippen MR) is 89.2 cm³/mol. The van der Waals surface area contributed by atoms with Crippen LogP contribution in [0, 0.1) is 0 Å². The van der Waals surface area contributed by atoms with E-state index in [0.29, 0.717) is 28.9 Å². The van der Waals surface area contributed by atoms with Gasteiger partial charge in [0.2, 0.25) is 11.0 Å². The summed E-state index contributed by atoms with van der Waals surface area (Å²) >= 11 is 2.61. The summed E-state index contributed by atoms with van der Waals surface area (Å²) in [7, 11) is 0. The molecule has 0 fully saturated rings. The number of hydrogen-bond acceptors (Lipinski definition) is 7. The van der Waals surface area contributed by atoms with Gasteiger partial charge in [-0.15, -0.1) is 10.2 Å². The maximum absolute atomic E-state index is 11.8. The number of carbonyl (C=O) groups is 2. The van der Waals surface area contributed by atoms with Crippen LogP contribution >= 0.6 is 23.1 Å². The first kappa shape index (κ1) is 18.9. The molecule has 0 unspecified atom stereocenters. The Kier molecular flexibility index (Phi) is 9.07. The molecule has 0 aliphatic heterocycles. The molecule has 0 aliphatic rings. The van der Waals surface area contributed by atoms with E-state index in [2.05, 4.69) is 22.4 Å². The van der Waals surface area contributed by atoms with Crippen molar-refractivity contribution in [1.82, 2.24) is 10.2 Å². The summed E-state index contributed by atoms with van der Waals surface area (Å²) in [4.78, 5) is 23.5. The van der Waals surface area contributed by atoms with E-state index in [0.717, 1.165) is 19.3 Å². The van der Waals surface area contributed by atoms with E-state index in [1.54, 1.807) is 6.92 Å². The summed E-state index contributed by atoms with van der Waals surface area (Å²) in [6, 6.07) is 0. The first-order valence-electron chi connectivity index (χ1n) is 7.57. The fourth-order valence-corrected chi connectivity index (χ4v) is 3.61. The molecule has 1 N–H and O–H groups in total. The van der Waals surface area contributed by atoms with Crippen LogP contribution in [0.5, 0.6) is 0 Å². The number of anilines is 1. The number of ether oxygens (including phenoxy) is 1. The fraction of sp³-hybridized carbons (Fsp3) is 0.714. The normalized spacial score (nSPS) is 12.0. The molecule has 0 aromatic carbocycles. The molecule has 1 aromatic heterocycles. The molecule has 1 atom stereocenters. The van der Waals surface area contributed by atoms with Crippen molar-refractivity contribution >= 4 is 40.1 Å². The van der Waals surface area contributed by atoms with Crippen molar-refractivity contribution in [3.63, 3.8) is 0 Å². The van der Waals surface area contributed by atoms with E-state index in [9.17, 15) is 9.59 Å². The molecule has 22 heavy (non-hydrogen) atoms. The molecule has 0 saturated carbocycles. The third-order valence-electron chi connectivity index (χ3n) is 2.82. The number of carbonyl (C=O) groups excluding carboxylic acids is 2. The quantitative estimate of drug-likeness (QED) is 0.302.